The van der Waals surface area contributed by atoms with Crippen molar-refractivity contribution < 1.29 is 4.42 Å². The summed E-state index contributed by atoms with van der Waals surface area (Å²) in [5.41, 5.74) is 15.8. The fraction of sp³-hybridized carbons (Fsp3) is 0.0263. The van der Waals surface area contributed by atoms with Gasteiger partial charge < -0.3 is 14.7 Å². The van der Waals surface area contributed by atoms with Gasteiger partial charge in [-0.3, -0.25) is 4.99 Å². The molecule has 2 N–H and O–H groups in total. The molecule has 0 spiro atoms. The van der Waals surface area contributed by atoms with E-state index in [0.29, 0.717) is 0 Å². The lowest BCUT2D eigenvalue weighted by molar-refractivity contribution is 0.671. The Hall–Kier alpha value is -5.45. The number of rotatable bonds is 5. The molecular formula is C38H27N3O. The van der Waals surface area contributed by atoms with Gasteiger partial charge in [-0.25, -0.2) is 0 Å². The quantitative estimate of drug-likeness (QED) is 0.221. The van der Waals surface area contributed by atoms with Crippen molar-refractivity contribution >= 4 is 50.0 Å². The molecule has 8 aromatic rings. The normalized spacial score (nSPS) is 12.7. The first-order valence-electron chi connectivity index (χ1n) is 14.1. The first-order chi connectivity index (χ1) is 20.7. The molecule has 2 aromatic heterocycles. The van der Waals surface area contributed by atoms with Gasteiger partial charge in [-0.2, -0.15) is 0 Å². The van der Waals surface area contributed by atoms with Crippen molar-refractivity contribution in [2.75, 3.05) is 0 Å². The zero-order valence-corrected chi connectivity index (χ0v) is 22.8. The van der Waals surface area contributed by atoms with E-state index in [1.807, 2.05) is 54.7 Å². The van der Waals surface area contributed by atoms with E-state index in [9.17, 15) is 0 Å². The second kappa shape index (κ2) is 9.88. The molecule has 0 saturated heterocycles. The van der Waals surface area contributed by atoms with E-state index in [2.05, 4.69) is 101 Å². The number of aliphatic imine (C=N–C) groups is 1. The van der Waals surface area contributed by atoms with Crippen molar-refractivity contribution in [1.82, 2.24) is 4.57 Å². The zero-order valence-electron chi connectivity index (χ0n) is 22.8. The Kier molecular flexibility index (Phi) is 5.73. The topological polar surface area (TPSA) is 56.4 Å². The maximum absolute atomic E-state index is 6.55. The van der Waals surface area contributed by atoms with Crippen molar-refractivity contribution in [2.45, 2.75) is 6.17 Å². The Balaban J connectivity index is 1.33. The van der Waals surface area contributed by atoms with E-state index >= 15 is 0 Å². The average molecular weight is 542 g/mol. The molecule has 200 valence electrons. The molecule has 0 aliphatic heterocycles. The van der Waals surface area contributed by atoms with Gasteiger partial charge in [0, 0.05) is 33.4 Å². The van der Waals surface area contributed by atoms with Crippen molar-refractivity contribution in [3.05, 3.63) is 151 Å². The van der Waals surface area contributed by atoms with Gasteiger partial charge in [0.25, 0.3) is 0 Å². The van der Waals surface area contributed by atoms with Crippen molar-refractivity contribution in [1.29, 1.82) is 0 Å². The maximum atomic E-state index is 6.55. The van der Waals surface area contributed by atoms with Gasteiger partial charge in [0.05, 0.1) is 11.0 Å². The number of hydrogen-bond acceptors (Lipinski definition) is 3. The molecule has 1 unspecified atom stereocenters. The van der Waals surface area contributed by atoms with Crippen LogP contribution in [-0.4, -0.2) is 10.8 Å². The van der Waals surface area contributed by atoms with Crippen molar-refractivity contribution in [3.8, 4) is 16.8 Å². The van der Waals surface area contributed by atoms with Crippen LogP contribution in [0.3, 0.4) is 0 Å². The molecule has 4 nitrogen and oxygen atoms in total. The minimum Gasteiger partial charge on any atom is -0.454 e. The first kappa shape index (κ1) is 24.4. The molecule has 0 amide bonds. The lowest BCUT2D eigenvalue weighted by atomic mass is 10.0. The summed E-state index contributed by atoms with van der Waals surface area (Å²) >= 11 is 0. The molecule has 8 rings (SSSR count). The Morgan fingerprint density at radius 2 is 1.31 bits per heavy atom. The summed E-state index contributed by atoms with van der Waals surface area (Å²) in [6.45, 7) is 0. The van der Waals surface area contributed by atoms with E-state index in [4.69, 9.17) is 10.2 Å². The molecule has 6 aromatic carbocycles. The lowest BCUT2D eigenvalue weighted by Gasteiger charge is -2.12. The molecule has 0 aliphatic carbocycles. The fourth-order valence-electron chi connectivity index (χ4n) is 5.97. The lowest BCUT2D eigenvalue weighted by Crippen LogP contribution is -2.08. The Morgan fingerprint density at radius 3 is 2.12 bits per heavy atom. The monoisotopic (exact) mass is 541 g/mol. The van der Waals surface area contributed by atoms with Crippen molar-refractivity contribution in [3.63, 3.8) is 0 Å². The number of nitrogens with zero attached hydrogens (tertiary/aromatic N) is 2. The summed E-state index contributed by atoms with van der Waals surface area (Å²) in [5.74, 6) is 0. The van der Waals surface area contributed by atoms with Crippen LogP contribution >= 0.6 is 0 Å². The van der Waals surface area contributed by atoms with E-state index in [1.54, 1.807) is 0 Å². The van der Waals surface area contributed by atoms with Crippen LogP contribution in [0.15, 0.2) is 149 Å². The summed E-state index contributed by atoms with van der Waals surface area (Å²) in [4.78, 5) is 4.60. The summed E-state index contributed by atoms with van der Waals surface area (Å²) in [5, 5.41) is 4.57. The molecule has 0 saturated carbocycles. The molecule has 0 fully saturated rings. The third-order valence-corrected chi connectivity index (χ3v) is 8.06. The number of fused-ring (bicyclic) bond motifs is 7. The highest BCUT2D eigenvalue weighted by Crippen LogP contribution is 2.41. The average Bonchev–Trinajstić information content (AvgIpc) is 3.60. The Bertz CT molecular complexity index is 2240. The second-order valence-corrected chi connectivity index (χ2v) is 10.6. The molecule has 0 radical (unpaired) electrons. The number of furan rings is 1. The van der Waals surface area contributed by atoms with Crippen LogP contribution in [0.5, 0.6) is 0 Å². The smallest absolute Gasteiger partial charge is 0.160 e. The predicted molar refractivity (Wildman–Crippen MR) is 174 cm³/mol. The molecular weight excluding hydrogens is 514 g/mol. The predicted octanol–water partition coefficient (Wildman–Crippen LogP) is 9.43. The number of hydrogen-bond donors (Lipinski definition) is 1. The van der Waals surface area contributed by atoms with Gasteiger partial charge >= 0.3 is 0 Å². The SMILES string of the molecule is NC(/N=C/c1ccccc1)c1ccc(-n2c3cc(-c4ccccc4)ccc3c3ccc4c5ccccc5oc4c32)cc1. The highest BCUT2D eigenvalue weighted by atomic mass is 16.3. The minimum absolute atomic E-state index is 0.454. The van der Waals surface area contributed by atoms with E-state index < -0.39 is 6.17 Å². The van der Waals surface area contributed by atoms with Crippen LogP contribution in [-0.2, 0) is 0 Å². The highest BCUT2D eigenvalue weighted by Gasteiger charge is 2.19. The van der Waals surface area contributed by atoms with Crippen LogP contribution in [0, 0.1) is 0 Å². The van der Waals surface area contributed by atoms with Gasteiger partial charge in [-0.15, -0.1) is 0 Å². The zero-order chi connectivity index (χ0) is 28.0. The molecule has 42 heavy (non-hydrogen) atoms. The summed E-state index contributed by atoms with van der Waals surface area (Å²) in [6, 6.07) is 48.3. The molecule has 0 aliphatic rings. The Labute approximate surface area is 243 Å². The summed E-state index contributed by atoms with van der Waals surface area (Å²) < 4.78 is 8.87. The molecule has 0 bridgehead atoms. The molecule has 2 heterocycles. The second-order valence-electron chi connectivity index (χ2n) is 10.6. The van der Waals surface area contributed by atoms with Gasteiger partial charge in [0.15, 0.2) is 5.58 Å². The number of benzene rings is 6. The Morgan fingerprint density at radius 1 is 0.619 bits per heavy atom. The van der Waals surface area contributed by atoms with Crippen molar-refractivity contribution in [2.24, 2.45) is 10.7 Å². The van der Waals surface area contributed by atoms with E-state index in [1.165, 1.54) is 16.5 Å². The largest absolute Gasteiger partial charge is 0.454 e. The van der Waals surface area contributed by atoms with E-state index in [0.717, 1.165) is 55.2 Å². The van der Waals surface area contributed by atoms with Gasteiger partial charge in [0.1, 0.15) is 11.7 Å². The maximum Gasteiger partial charge on any atom is 0.160 e. The van der Waals surface area contributed by atoms with Gasteiger partial charge in [-0.05, 0) is 52.6 Å². The van der Waals surface area contributed by atoms with Crippen LogP contribution < -0.4 is 5.73 Å². The third kappa shape index (κ3) is 4.00. The van der Waals surface area contributed by atoms with Crippen LogP contribution in [0.25, 0.3) is 60.6 Å². The summed E-state index contributed by atoms with van der Waals surface area (Å²) in [7, 11) is 0. The van der Waals surface area contributed by atoms with Crippen LogP contribution in [0.2, 0.25) is 0 Å². The van der Waals surface area contributed by atoms with Gasteiger partial charge in [-0.1, -0.05) is 109 Å². The fourth-order valence-corrected chi connectivity index (χ4v) is 5.97. The first-order valence-corrected chi connectivity index (χ1v) is 14.1. The molecule has 4 heteroatoms. The third-order valence-electron chi connectivity index (χ3n) is 8.06. The van der Waals surface area contributed by atoms with Gasteiger partial charge in [0.2, 0.25) is 0 Å². The summed E-state index contributed by atoms with van der Waals surface area (Å²) in [6.07, 6.45) is 1.37. The van der Waals surface area contributed by atoms with Crippen LogP contribution in [0.4, 0.5) is 0 Å². The number of aromatic nitrogens is 1. The highest BCUT2D eigenvalue weighted by molar-refractivity contribution is 6.21. The molecule has 1 atom stereocenters. The standard InChI is InChI=1S/C38H27N3O/c39-38(40-24-25-9-3-1-4-10-25)27-15-18-29(19-16-27)41-34-23-28(26-11-5-2-6-12-26)17-20-30(34)32-21-22-33-31-13-7-8-14-35(31)42-37(33)36(32)41/h1-24,38H,39H2/b40-24+. The number of nitrogens with two attached hydrogens (primary N) is 1. The van der Waals surface area contributed by atoms with Crippen LogP contribution in [0.1, 0.15) is 17.3 Å². The number of para-hydroxylation sites is 1. The minimum atomic E-state index is -0.454. The van der Waals surface area contributed by atoms with E-state index in [-0.39, 0.29) is 0 Å².